The Morgan fingerprint density at radius 3 is 2.71 bits per heavy atom. The van der Waals surface area contributed by atoms with E-state index in [1.807, 2.05) is 12.3 Å². The molecule has 3 nitrogen and oxygen atoms in total. The predicted molar refractivity (Wildman–Crippen MR) is 86.1 cm³/mol. The third-order valence-electron chi connectivity index (χ3n) is 4.50. The van der Waals surface area contributed by atoms with Gasteiger partial charge in [0.05, 0.1) is 0 Å². The number of H-pyrrole nitrogens is 1. The van der Waals surface area contributed by atoms with Crippen LogP contribution in [0, 0.1) is 11.8 Å². The number of carbonyl (C=O) groups excluding carboxylic acids is 1. The van der Waals surface area contributed by atoms with Gasteiger partial charge < -0.3 is 9.88 Å². The first kappa shape index (κ1) is 14.2. The molecule has 3 rings (SSSR count). The van der Waals surface area contributed by atoms with E-state index in [-0.39, 0.29) is 0 Å². The number of aryl methyl sites for hydroxylation is 1. The molecule has 1 saturated heterocycles. The molecule has 3 heteroatoms. The van der Waals surface area contributed by atoms with Crippen LogP contribution in [-0.2, 0) is 11.2 Å². The van der Waals surface area contributed by atoms with Gasteiger partial charge in [-0.2, -0.15) is 0 Å². The quantitative estimate of drug-likeness (QED) is 0.918. The minimum atomic E-state index is 0.304. The zero-order chi connectivity index (χ0) is 14.8. The number of rotatable bonds is 3. The van der Waals surface area contributed by atoms with Gasteiger partial charge in [0.2, 0.25) is 5.91 Å². The second-order valence-corrected chi connectivity index (χ2v) is 6.60. The molecule has 1 aromatic heterocycles. The Balaban J connectivity index is 1.63. The van der Waals surface area contributed by atoms with E-state index in [1.54, 1.807) is 0 Å². The maximum absolute atomic E-state index is 12.4. The number of carbonyl (C=O) groups is 1. The van der Waals surface area contributed by atoms with E-state index < -0.39 is 0 Å². The van der Waals surface area contributed by atoms with Gasteiger partial charge in [0.15, 0.2) is 0 Å². The molecule has 1 aromatic carbocycles. The van der Waals surface area contributed by atoms with E-state index in [0.29, 0.717) is 24.2 Å². The van der Waals surface area contributed by atoms with Gasteiger partial charge in [-0.3, -0.25) is 4.79 Å². The third kappa shape index (κ3) is 3.12. The largest absolute Gasteiger partial charge is 0.361 e. The summed E-state index contributed by atoms with van der Waals surface area (Å²) >= 11 is 0. The molecule has 0 radical (unpaired) electrons. The summed E-state index contributed by atoms with van der Waals surface area (Å²) in [6.45, 7) is 6.35. The number of nitrogens with zero attached hydrogens (tertiary/aromatic N) is 1. The smallest absolute Gasteiger partial charge is 0.222 e. The van der Waals surface area contributed by atoms with Gasteiger partial charge in [-0.15, -0.1) is 0 Å². The normalized spacial score (nSPS) is 22.7. The maximum Gasteiger partial charge on any atom is 0.222 e. The maximum atomic E-state index is 12.4. The lowest BCUT2D eigenvalue weighted by atomic mass is 9.91. The van der Waals surface area contributed by atoms with Crippen molar-refractivity contribution in [3.05, 3.63) is 36.0 Å². The summed E-state index contributed by atoms with van der Waals surface area (Å²) in [5.41, 5.74) is 2.40. The number of amides is 1. The van der Waals surface area contributed by atoms with E-state index in [1.165, 1.54) is 17.4 Å². The Bertz CT molecular complexity index is 621. The third-order valence-corrected chi connectivity index (χ3v) is 4.50. The molecule has 0 unspecified atom stereocenters. The van der Waals surface area contributed by atoms with Crippen LogP contribution < -0.4 is 0 Å². The van der Waals surface area contributed by atoms with Gasteiger partial charge in [-0.25, -0.2) is 0 Å². The molecule has 112 valence electrons. The van der Waals surface area contributed by atoms with Gasteiger partial charge in [0, 0.05) is 36.6 Å². The SMILES string of the molecule is C[C@H]1C[C@H](C)CN(C(=O)CCc2c[nH]c3ccccc23)C1. The lowest BCUT2D eigenvalue weighted by Gasteiger charge is -2.35. The van der Waals surface area contributed by atoms with Crippen molar-refractivity contribution in [1.29, 1.82) is 0 Å². The minimum Gasteiger partial charge on any atom is -0.361 e. The number of piperidine rings is 1. The molecule has 21 heavy (non-hydrogen) atoms. The van der Waals surface area contributed by atoms with E-state index in [4.69, 9.17) is 0 Å². The summed E-state index contributed by atoms with van der Waals surface area (Å²) in [5, 5.41) is 1.24. The number of benzene rings is 1. The molecule has 1 N–H and O–H groups in total. The second kappa shape index (κ2) is 5.92. The lowest BCUT2D eigenvalue weighted by Crippen LogP contribution is -2.42. The van der Waals surface area contributed by atoms with Crippen LogP contribution in [-0.4, -0.2) is 28.9 Å². The van der Waals surface area contributed by atoms with Crippen molar-refractivity contribution in [3.8, 4) is 0 Å². The van der Waals surface area contributed by atoms with Crippen molar-refractivity contribution < 1.29 is 4.79 Å². The van der Waals surface area contributed by atoms with Gasteiger partial charge in [-0.1, -0.05) is 32.0 Å². The molecular formula is C18H24N2O. The van der Waals surface area contributed by atoms with Crippen molar-refractivity contribution in [2.45, 2.75) is 33.1 Å². The molecule has 0 saturated carbocycles. The number of aromatic nitrogens is 1. The van der Waals surface area contributed by atoms with Gasteiger partial charge in [0.1, 0.15) is 0 Å². The summed E-state index contributed by atoms with van der Waals surface area (Å²) in [6.07, 6.45) is 4.72. The van der Waals surface area contributed by atoms with E-state index >= 15 is 0 Å². The van der Waals surface area contributed by atoms with Crippen LogP contribution in [0.4, 0.5) is 0 Å². The summed E-state index contributed by atoms with van der Waals surface area (Å²) in [4.78, 5) is 17.8. The van der Waals surface area contributed by atoms with E-state index in [2.05, 4.69) is 41.9 Å². The number of likely N-dealkylation sites (tertiary alicyclic amines) is 1. The van der Waals surface area contributed by atoms with Crippen molar-refractivity contribution in [2.75, 3.05) is 13.1 Å². The van der Waals surface area contributed by atoms with Crippen molar-refractivity contribution in [1.82, 2.24) is 9.88 Å². The molecule has 0 aliphatic carbocycles. The molecule has 2 atom stereocenters. The number of para-hydroxylation sites is 1. The fourth-order valence-corrected chi connectivity index (χ4v) is 3.60. The molecule has 0 spiro atoms. The molecule has 1 amide bonds. The van der Waals surface area contributed by atoms with Crippen LogP contribution >= 0.6 is 0 Å². The van der Waals surface area contributed by atoms with Crippen LogP contribution in [0.5, 0.6) is 0 Å². The average Bonchev–Trinajstić information content (AvgIpc) is 2.87. The highest BCUT2D eigenvalue weighted by Gasteiger charge is 2.25. The summed E-state index contributed by atoms with van der Waals surface area (Å²) < 4.78 is 0. The summed E-state index contributed by atoms with van der Waals surface area (Å²) in [7, 11) is 0. The van der Waals surface area contributed by atoms with Crippen molar-refractivity contribution in [3.63, 3.8) is 0 Å². The van der Waals surface area contributed by atoms with Crippen molar-refractivity contribution >= 4 is 16.8 Å². The first-order valence-electron chi connectivity index (χ1n) is 7.96. The number of nitrogens with one attached hydrogen (secondary N) is 1. The molecule has 1 aliphatic heterocycles. The molecule has 2 aromatic rings. The topological polar surface area (TPSA) is 36.1 Å². The van der Waals surface area contributed by atoms with Crippen molar-refractivity contribution in [2.24, 2.45) is 11.8 Å². The average molecular weight is 284 g/mol. The number of fused-ring (bicyclic) bond motifs is 1. The van der Waals surface area contributed by atoms with Gasteiger partial charge >= 0.3 is 0 Å². The Morgan fingerprint density at radius 1 is 1.24 bits per heavy atom. The Labute approximate surface area is 126 Å². The highest BCUT2D eigenvalue weighted by atomic mass is 16.2. The zero-order valence-corrected chi connectivity index (χ0v) is 12.9. The second-order valence-electron chi connectivity index (χ2n) is 6.60. The fraction of sp³-hybridized carbons (Fsp3) is 0.500. The Morgan fingerprint density at radius 2 is 1.95 bits per heavy atom. The minimum absolute atomic E-state index is 0.304. The highest BCUT2D eigenvalue weighted by molar-refractivity contribution is 5.84. The Kier molecular flexibility index (Phi) is 4.00. The zero-order valence-electron chi connectivity index (χ0n) is 12.9. The first-order valence-corrected chi connectivity index (χ1v) is 7.96. The summed E-state index contributed by atoms with van der Waals surface area (Å²) in [5.74, 6) is 1.57. The molecule has 2 heterocycles. The van der Waals surface area contributed by atoms with E-state index in [9.17, 15) is 4.79 Å². The van der Waals surface area contributed by atoms with Crippen LogP contribution in [0.3, 0.4) is 0 Å². The van der Waals surface area contributed by atoms with Crippen LogP contribution in [0.1, 0.15) is 32.3 Å². The van der Waals surface area contributed by atoms with Crippen LogP contribution in [0.25, 0.3) is 10.9 Å². The number of aromatic amines is 1. The van der Waals surface area contributed by atoms with Crippen LogP contribution in [0.2, 0.25) is 0 Å². The van der Waals surface area contributed by atoms with Gasteiger partial charge in [0.25, 0.3) is 0 Å². The highest BCUT2D eigenvalue weighted by Crippen LogP contribution is 2.23. The Hall–Kier alpha value is -1.77. The van der Waals surface area contributed by atoms with Gasteiger partial charge in [-0.05, 0) is 36.3 Å². The molecule has 1 fully saturated rings. The summed E-state index contributed by atoms with van der Waals surface area (Å²) in [6, 6.07) is 8.28. The fourth-order valence-electron chi connectivity index (χ4n) is 3.60. The number of hydrogen-bond acceptors (Lipinski definition) is 1. The van der Waals surface area contributed by atoms with E-state index in [0.717, 1.165) is 25.0 Å². The monoisotopic (exact) mass is 284 g/mol. The first-order chi connectivity index (χ1) is 10.1. The number of hydrogen-bond donors (Lipinski definition) is 1. The molecular weight excluding hydrogens is 260 g/mol. The molecule has 1 aliphatic rings. The lowest BCUT2D eigenvalue weighted by molar-refractivity contribution is -0.133. The molecule has 0 bridgehead atoms. The predicted octanol–water partition coefficient (Wildman–Crippen LogP) is 3.61. The van der Waals surface area contributed by atoms with Crippen LogP contribution in [0.15, 0.2) is 30.5 Å². The standard InChI is InChI=1S/C18H24N2O/c1-13-9-14(2)12-20(11-13)18(21)8-7-15-10-19-17-6-4-3-5-16(15)17/h3-6,10,13-14,19H,7-9,11-12H2,1-2H3/t13-,14-/m0/s1.